The molecule has 0 saturated heterocycles. The number of hydrogen-bond acceptors (Lipinski definition) is 8. The molecule has 1 atom stereocenters. The van der Waals surface area contributed by atoms with E-state index in [0.717, 1.165) is 29.9 Å². The lowest BCUT2D eigenvalue weighted by molar-refractivity contribution is -0.139. The fourth-order valence-electron chi connectivity index (χ4n) is 4.64. The number of aromatic nitrogens is 1. The van der Waals surface area contributed by atoms with Crippen LogP contribution < -0.4 is 29.3 Å². The molecule has 1 aromatic heterocycles. The number of carbonyl (C=O) groups excluding carboxylic acids is 1. The van der Waals surface area contributed by atoms with Crippen molar-refractivity contribution < 1.29 is 19.0 Å². The molecule has 200 valence electrons. The molecule has 1 aliphatic rings. The third-order valence-corrected chi connectivity index (χ3v) is 7.56. The Hall–Kier alpha value is -3.85. The van der Waals surface area contributed by atoms with Crippen LogP contribution in [0.5, 0.6) is 11.5 Å². The lowest BCUT2D eigenvalue weighted by atomic mass is 9.96. The topological polar surface area (TPSA) is 82.4 Å². The van der Waals surface area contributed by atoms with Crippen molar-refractivity contribution >= 4 is 29.1 Å². The number of anilines is 1. The summed E-state index contributed by atoms with van der Waals surface area (Å²) in [5, 5.41) is 0. The van der Waals surface area contributed by atoms with Crippen LogP contribution in [0.15, 0.2) is 63.5 Å². The normalized spacial score (nSPS) is 15.1. The van der Waals surface area contributed by atoms with Gasteiger partial charge in [-0.05, 0) is 63.6 Å². The van der Waals surface area contributed by atoms with Crippen LogP contribution in [0.1, 0.15) is 44.9 Å². The number of nitrogens with zero attached hydrogens (tertiary/aromatic N) is 3. The van der Waals surface area contributed by atoms with Crippen molar-refractivity contribution in [2.45, 2.75) is 33.7 Å². The zero-order valence-corrected chi connectivity index (χ0v) is 23.4. The first-order valence-electron chi connectivity index (χ1n) is 12.6. The minimum atomic E-state index is -0.676. The van der Waals surface area contributed by atoms with Gasteiger partial charge in [0, 0.05) is 30.4 Å². The highest BCUT2D eigenvalue weighted by Crippen LogP contribution is 2.32. The lowest BCUT2D eigenvalue weighted by Gasteiger charge is -2.24. The van der Waals surface area contributed by atoms with Crippen molar-refractivity contribution in [1.82, 2.24) is 4.57 Å². The van der Waals surface area contributed by atoms with Crippen LogP contribution in [0.2, 0.25) is 0 Å². The molecule has 1 aliphatic heterocycles. The molecule has 3 aromatic rings. The fourth-order valence-corrected chi connectivity index (χ4v) is 5.68. The predicted octanol–water partition coefficient (Wildman–Crippen LogP) is 3.66. The van der Waals surface area contributed by atoms with Crippen LogP contribution in [0.4, 0.5) is 5.69 Å². The van der Waals surface area contributed by atoms with Gasteiger partial charge in [-0.25, -0.2) is 9.79 Å². The molecule has 0 N–H and O–H groups in total. The van der Waals surface area contributed by atoms with E-state index in [-0.39, 0.29) is 12.2 Å². The first-order valence-corrected chi connectivity index (χ1v) is 13.4. The Morgan fingerprint density at radius 1 is 1.08 bits per heavy atom. The van der Waals surface area contributed by atoms with Crippen LogP contribution in [-0.4, -0.2) is 44.5 Å². The molecule has 0 radical (unpaired) electrons. The van der Waals surface area contributed by atoms with Gasteiger partial charge in [-0.3, -0.25) is 9.36 Å². The maximum absolute atomic E-state index is 13.9. The van der Waals surface area contributed by atoms with Gasteiger partial charge in [0.05, 0.1) is 42.7 Å². The van der Waals surface area contributed by atoms with Crippen LogP contribution in [0, 0.1) is 0 Å². The summed E-state index contributed by atoms with van der Waals surface area (Å²) in [5.74, 6) is 0.868. The summed E-state index contributed by atoms with van der Waals surface area (Å²) in [4.78, 5) is 34.3. The number of carbonyl (C=O) groups is 1. The van der Waals surface area contributed by atoms with E-state index in [9.17, 15) is 9.59 Å². The van der Waals surface area contributed by atoms with E-state index in [0.29, 0.717) is 32.1 Å². The van der Waals surface area contributed by atoms with Crippen molar-refractivity contribution in [2.75, 3.05) is 38.8 Å². The van der Waals surface area contributed by atoms with E-state index in [4.69, 9.17) is 14.2 Å². The van der Waals surface area contributed by atoms with Gasteiger partial charge < -0.3 is 19.1 Å². The van der Waals surface area contributed by atoms with Crippen molar-refractivity contribution in [3.8, 4) is 11.5 Å². The summed E-state index contributed by atoms with van der Waals surface area (Å²) < 4.78 is 18.4. The molecule has 0 aliphatic carbocycles. The maximum Gasteiger partial charge on any atom is 0.338 e. The highest BCUT2D eigenvalue weighted by Gasteiger charge is 2.33. The number of methoxy groups -OCH3 is 2. The quantitative estimate of drug-likeness (QED) is 0.389. The van der Waals surface area contributed by atoms with Crippen LogP contribution >= 0.6 is 11.3 Å². The third-order valence-electron chi connectivity index (χ3n) is 6.58. The standard InChI is InChI=1S/C29H33N3O5S/c1-7-31(8-2)21-13-10-20(23(17-21)36-6)16-24-27(33)32-26(19-11-14-22(35-5)15-12-19)25(28(34)37-9-3)18(4)30-29(32)38-24/h10-17,26H,7-9H2,1-6H3/b24-16+/t26-/m0/s1. The SMILES string of the molecule is CCOC(=O)C1=C(C)N=c2s/c(=C/c3ccc(N(CC)CC)cc3OC)c(=O)n2[C@H]1c1ccc(OC)cc1. The minimum absolute atomic E-state index is 0.221. The zero-order valence-electron chi connectivity index (χ0n) is 22.6. The summed E-state index contributed by atoms with van der Waals surface area (Å²) in [6.07, 6.45) is 1.82. The van der Waals surface area contributed by atoms with E-state index in [1.54, 1.807) is 32.6 Å². The molecule has 0 saturated carbocycles. The number of esters is 1. The van der Waals surface area contributed by atoms with E-state index in [2.05, 4.69) is 23.7 Å². The van der Waals surface area contributed by atoms with Gasteiger partial charge in [0.2, 0.25) is 0 Å². The van der Waals surface area contributed by atoms with Gasteiger partial charge in [-0.15, -0.1) is 0 Å². The summed E-state index contributed by atoms with van der Waals surface area (Å²) >= 11 is 1.28. The van der Waals surface area contributed by atoms with E-state index >= 15 is 0 Å². The van der Waals surface area contributed by atoms with Crippen LogP contribution in [0.3, 0.4) is 0 Å². The Balaban J connectivity index is 1.89. The van der Waals surface area contributed by atoms with Crippen LogP contribution in [-0.2, 0) is 9.53 Å². The Labute approximate surface area is 226 Å². The number of allylic oxidation sites excluding steroid dienone is 1. The van der Waals surface area contributed by atoms with E-state index < -0.39 is 12.0 Å². The number of benzene rings is 2. The maximum atomic E-state index is 13.9. The van der Waals surface area contributed by atoms with Gasteiger partial charge >= 0.3 is 5.97 Å². The number of ether oxygens (including phenoxy) is 3. The zero-order chi connectivity index (χ0) is 27.4. The minimum Gasteiger partial charge on any atom is -0.497 e. The third kappa shape index (κ3) is 5.11. The molecule has 0 spiro atoms. The summed E-state index contributed by atoms with van der Waals surface area (Å²) in [6, 6.07) is 12.6. The molecule has 0 bridgehead atoms. The Bertz CT molecular complexity index is 1530. The smallest absolute Gasteiger partial charge is 0.338 e. The Morgan fingerprint density at radius 2 is 1.79 bits per heavy atom. The predicted molar refractivity (Wildman–Crippen MR) is 150 cm³/mol. The molecule has 2 aromatic carbocycles. The summed E-state index contributed by atoms with van der Waals surface area (Å²) in [6.45, 7) is 9.72. The molecule has 0 amide bonds. The first kappa shape index (κ1) is 27.2. The van der Waals surface area contributed by atoms with Crippen molar-refractivity contribution in [3.63, 3.8) is 0 Å². The average molecular weight is 536 g/mol. The number of rotatable bonds is 9. The van der Waals surface area contributed by atoms with Gasteiger partial charge in [0.1, 0.15) is 11.5 Å². The summed E-state index contributed by atoms with van der Waals surface area (Å²) in [5.41, 5.74) is 3.24. The Kier molecular flexibility index (Phi) is 8.36. The first-order chi connectivity index (χ1) is 18.4. The molecule has 9 heteroatoms. The fraction of sp³-hybridized carbons (Fsp3) is 0.345. The molecule has 2 heterocycles. The Morgan fingerprint density at radius 3 is 2.39 bits per heavy atom. The van der Waals surface area contributed by atoms with Gasteiger partial charge in [-0.2, -0.15) is 0 Å². The van der Waals surface area contributed by atoms with Gasteiger partial charge in [0.15, 0.2) is 4.80 Å². The molecule has 0 fully saturated rings. The second-order valence-electron chi connectivity index (χ2n) is 8.67. The average Bonchev–Trinajstić information content (AvgIpc) is 3.23. The van der Waals surface area contributed by atoms with Crippen LogP contribution in [0.25, 0.3) is 6.08 Å². The monoisotopic (exact) mass is 535 g/mol. The van der Waals surface area contributed by atoms with E-state index in [1.165, 1.54) is 11.3 Å². The highest BCUT2D eigenvalue weighted by atomic mass is 32.1. The van der Waals surface area contributed by atoms with Gasteiger partial charge in [0.25, 0.3) is 5.56 Å². The number of thiazole rings is 1. The molecular formula is C29H33N3O5S. The number of hydrogen-bond donors (Lipinski definition) is 0. The molecule has 8 nitrogen and oxygen atoms in total. The van der Waals surface area contributed by atoms with Crippen molar-refractivity contribution in [1.29, 1.82) is 0 Å². The van der Waals surface area contributed by atoms with Gasteiger partial charge in [-0.1, -0.05) is 23.5 Å². The molecule has 38 heavy (non-hydrogen) atoms. The molecule has 4 rings (SSSR count). The second kappa shape index (κ2) is 11.7. The number of fused-ring (bicyclic) bond motifs is 1. The van der Waals surface area contributed by atoms with Crippen molar-refractivity contribution in [3.05, 3.63) is 84.5 Å². The lowest BCUT2D eigenvalue weighted by Crippen LogP contribution is -2.39. The largest absolute Gasteiger partial charge is 0.497 e. The highest BCUT2D eigenvalue weighted by molar-refractivity contribution is 7.07. The van der Waals surface area contributed by atoms with Crippen molar-refractivity contribution in [2.24, 2.45) is 4.99 Å². The molecular weight excluding hydrogens is 502 g/mol. The summed E-state index contributed by atoms with van der Waals surface area (Å²) in [7, 11) is 3.22. The molecule has 0 unspecified atom stereocenters. The van der Waals surface area contributed by atoms with E-state index in [1.807, 2.05) is 48.5 Å². The second-order valence-corrected chi connectivity index (χ2v) is 9.68.